The zero-order chi connectivity index (χ0) is 20.4. The van der Waals surface area contributed by atoms with Crippen LogP contribution in [0.25, 0.3) is 0 Å². The maximum atomic E-state index is 13.2. The van der Waals surface area contributed by atoms with Crippen molar-refractivity contribution in [2.75, 3.05) is 25.2 Å². The van der Waals surface area contributed by atoms with Gasteiger partial charge in [-0.1, -0.05) is 6.07 Å². The average molecular weight is 414 g/mol. The summed E-state index contributed by atoms with van der Waals surface area (Å²) in [5.74, 6) is -0.305. The molecule has 0 radical (unpaired) electrons. The van der Waals surface area contributed by atoms with Crippen molar-refractivity contribution < 1.29 is 23.9 Å². The maximum Gasteiger partial charge on any atom is 0.264 e. The fourth-order valence-electron chi connectivity index (χ4n) is 3.76. The number of carbonyl (C=O) groups is 3. The molecule has 2 atom stereocenters. The fourth-order valence-corrected chi connectivity index (χ4v) is 4.44. The highest BCUT2D eigenvalue weighted by atomic mass is 32.1. The molecule has 3 heterocycles. The van der Waals surface area contributed by atoms with Crippen LogP contribution in [0.4, 0.5) is 5.69 Å². The van der Waals surface area contributed by atoms with E-state index in [1.165, 1.54) is 16.2 Å². The summed E-state index contributed by atoms with van der Waals surface area (Å²) < 4.78 is 10.8. The van der Waals surface area contributed by atoms with Crippen molar-refractivity contribution in [3.63, 3.8) is 0 Å². The molecule has 0 saturated carbocycles. The minimum Gasteiger partial charge on any atom is -0.497 e. The number of nitrogens with zero attached hydrogens (tertiary/aromatic N) is 2. The first-order valence-electron chi connectivity index (χ1n) is 9.55. The summed E-state index contributed by atoms with van der Waals surface area (Å²) >= 11 is 1.32. The third kappa shape index (κ3) is 3.90. The molecule has 0 N–H and O–H groups in total. The summed E-state index contributed by atoms with van der Waals surface area (Å²) in [5, 5.41) is 1.82. The minimum atomic E-state index is -0.830. The van der Waals surface area contributed by atoms with E-state index in [1.54, 1.807) is 43.5 Å². The third-order valence-electron chi connectivity index (χ3n) is 5.25. The second-order valence-corrected chi connectivity index (χ2v) is 8.00. The van der Waals surface area contributed by atoms with Crippen molar-refractivity contribution in [3.05, 3.63) is 46.7 Å². The lowest BCUT2D eigenvalue weighted by atomic mass is 10.1. The lowest BCUT2D eigenvalue weighted by molar-refractivity contribution is -0.122. The summed E-state index contributed by atoms with van der Waals surface area (Å²) in [6, 6.07) is 9.44. The zero-order valence-corrected chi connectivity index (χ0v) is 16.9. The molecule has 2 aliphatic heterocycles. The van der Waals surface area contributed by atoms with E-state index in [0.717, 1.165) is 17.7 Å². The Morgan fingerprint density at radius 1 is 1.28 bits per heavy atom. The standard InChI is InChI=1S/C21H22N2O5S/c1-27-15-8-6-14(7-9-15)23-19(24)12-17(20(23)25)22(13-16-4-2-10-28-16)21(26)18-5-3-11-29-18/h3,5-9,11,16-17H,2,4,10,12-13H2,1H3. The van der Waals surface area contributed by atoms with E-state index in [0.29, 0.717) is 29.5 Å². The van der Waals surface area contributed by atoms with Crippen molar-refractivity contribution in [1.82, 2.24) is 4.90 Å². The van der Waals surface area contributed by atoms with Crippen LogP contribution in [-0.2, 0) is 14.3 Å². The van der Waals surface area contributed by atoms with E-state index in [2.05, 4.69) is 0 Å². The molecular formula is C21H22N2O5S. The second-order valence-electron chi connectivity index (χ2n) is 7.06. The first-order valence-corrected chi connectivity index (χ1v) is 10.4. The van der Waals surface area contributed by atoms with Gasteiger partial charge in [-0.15, -0.1) is 11.3 Å². The smallest absolute Gasteiger partial charge is 0.264 e. The number of rotatable bonds is 6. The molecule has 7 nitrogen and oxygen atoms in total. The number of hydrogen-bond donors (Lipinski definition) is 0. The summed E-state index contributed by atoms with van der Waals surface area (Å²) in [5.41, 5.74) is 0.476. The van der Waals surface area contributed by atoms with Gasteiger partial charge in [0.05, 0.1) is 30.2 Å². The van der Waals surface area contributed by atoms with E-state index in [1.807, 2.05) is 5.38 Å². The molecule has 1 aromatic carbocycles. The Balaban J connectivity index is 1.60. The first-order chi connectivity index (χ1) is 14.1. The van der Waals surface area contributed by atoms with Crippen LogP contribution >= 0.6 is 11.3 Å². The van der Waals surface area contributed by atoms with Crippen LogP contribution in [0.3, 0.4) is 0 Å². The van der Waals surface area contributed by atoms with Gasteiger partial charge in [-0.25, -0.2) is 4.90 Å². The molecule has 0 aliphatic carbocycles. The molecule has 2 fully saturated rings. The topological polar surface area (TPSA) is 76.2 Å². The molecule has 8 heteroatoms. The van der Waals surface area contributed by atoms with Crippen LogP contribution in [-0.4, -0.2) is 55.0 Å². The van der Waals surface area contributed by atoms with Gasteiger partial charge < -0.3 is 14.4 Å². The van der Waals surface area contributed by atoms with Crippen LogP contribution in [0, 0.1) is 0 Å². The van der Waals surface area contributed by atoms with Gasteiger partial charge in [0, 0.05) is 13.2 Å². The number of carbonyl (C=O) groups excluding carboxylic acids is 3. The van der Waals surface area contributed by atoms with Crippen molar-refractivity contribution in [1.29, 1.82) is 0 Å². The van der Waals surface area contributed by atoms with Crippen molar-refractivity contribution in [2.24, 2.45) is 0 Å². The van der Waals surface area contributed by atoms with Gasteiger partial charge in [0.1, 0.15) is 11.8 Å². The van der Waals surface area contributed by atoms with E-state index in [-0.39, 0.29) is 30.2 Å². The fraction of sp³-hybridized carbons (Fsp3) is 0.381. The van der Waals surface area contributed by atoms with Gasteiger partial charge in [-0.3, -0.25) is 14.4 Å². The molecule has 2 aliphatic rings. The molecule has 4 rings (SSSR count). The molecule has 2 aromatic rings. The van der Waals surface area contributed by atoms with Gasteiger partial charge >= 0.3 is 0 Å². The van der Waals surface area contributed by atoms with Gasteiger partial charge in [0.2, 0.25) is 5.91 Å². The number of thiophene rings is 1. The molecule has 0 spiro atoms. The largest absolute Gasteiger partial charge is 0.497 e. The molecule has 1 aromatic heterocycles. The summed E-state index contributed by atoms with van der Waals surface area (Å²) in [7, 11) is 1.55. The lowest BCUT2D eigenvalue weighted by Crippen LogP contribution is -2.48. The van der Waals surface area contributed by atoms with Gasteiger partial charge in [-0.05, 0) is 48.6 Å². The van der Waals surface area contributed by atoms with E-state index in [4.69, 9.17) is 9.47 Å². The summed E-state index contributed by atoms with van der Waals surface area (Å²) in [4.78, 5) is 42.3. The number of anilines is 1. The molecule has 2 saturated heterocycles. The first kappa shape index (κ1) is 19.6. The predicted molar refractivity (Wildman–Crippen MR) is 108 cm³/mol. The number of benzene rings is 1. The Morgan fingerprint density at radius 2 is 2.07 bits per heavy atom. The molecule has 3 amide bonds. The Hall–Kier alpha value is -2.71. The summed E-state index contributed by atoms with van der Waals surface area (Å²) in [6.07, 6.45) is 1.62. The van der Waals surface area contributed by atoms with Crippen molar-refractivity contribution in [3.8, 4) is 5.75 Å². The average Bonchev–Trinajstić information content (AvgIpc) is 3.48. The van der Waals surface area contributed by atoms with E-state index >= 15 is 0 Å². The number of hydrogen-bond acceptors (Lipinski definition) is 6. The number of methoxy groups -OCH3 is 1. The van der Waals surface area contributed by atoms with Crippen LogP contribution in [0.5, 0.6) is 5.75 Å². The Morgan fingerprint density at radius 3 is 2.69 bits per heavy atom. The third-order valence-corrected chi connectivity index (χ3v) is 6.10. The molecule has 0 bridgehead atoms. The maximum absolute atomic E-state index is 13.2. The zero-order valence-electron chi connectivity index (χ0n) is 16.1. The quantitative estimate of drug-likeness (QED) is 0.680. The van der Waals surface area contributed by atoms with E-state index in [9.17, 15) is 14.4 Å². The van der Waals surface area contributed by atoms with Crippen LogP contribution in [0.1, 0.15) is 28.9 Å². The summed E-state index contributed by atoms with van der Waals surface area (Å²) in [6.45, 7) is 0.956. The highest BCUT2D eigenvalue weighted by Gasteiger charge is 2.45. The van der Waals surface area contributed by atoms with Crippen LogP contribution in [0.2, 0.25) is 0 Å². The van der Waals surface area contributed by atoms with Crippen molar-refractivity contribution in [2.45, 2.75) is 31.4 Å². The monoisotopic (exact) mass is 414 g/mol. The number of amides is 3. The Kier molecular flexibility index (Phi) is 5.64. The Labute approximate surface area is 172 Å². The van der Waals surface area contributed by atoms with Crippen LogP contribution < -0.4 is 9.64 Å². The van der Waals surface area contributed by atoms with E-state index < -0.39 is 6.04 Å². The Bertz CT molecular complexity index is 890. The van der Waals surface area contributed by atoms with Crippen molar-refractivity contribution >= 4 is 34.7 Å². The number of imide groups is 1. The van der Waals surface area contributed by atoms with Gasteiger partial charge in [0.15, 0.2) is 0 Å². The lowest BCUT2D eigenvalue weighted by Gasteiger charge is -2.29. The molecule has 2 unspecified atom stereocenters. The highest BCUT2D eigenvalue weighted by molar-refractivity contribution is 7.12. The number of ether oxygens (including phenoxy) is 2. The SMILES string of the molecule is COc1ccc(N2C(=O)CC(N(CC3CCCO3)C(=O)c3cccs3)C2=O)cc1. The highest BCUT2D eigenvalue weighted by Crippen LogP contribution is 2.29. The minimum absolute atomic E-state index is 0.0330. The normalized spacial score (nSPS) is 21.6. The second kappa shape index (κ2) is 8.34. The molecule has 29 heavy (non-hydrogen) atoms. The van der Waals surface area contributed by atoms with Gasteiger partial charge in [-0.2, -0.15) is 0 Å². The molecular weight excluding hydrogens is 392 g/mol. The predicted octanol–water partition coefficient (Wildman–Crippen LogP) is 2.71. The van der Waals surface area contributed by atoms with Gasteiger partial charge in [0.25, 0.3) is 11.8 Å². The van der Waals surface area contributed by atoms with Crippen LogP contribution in [0.15, 0.2) is 41.8 Å². The molecule has 152 valence electrons.